The number of ether oxygens (including phenoxy) is 2. The van der Waals surface area contributed by atoms with Crippen LogP contribution in [-0.4, -0.2) is 25.1 Å². The van der Waals surface area contributed by atoms with E-state index < -0.39 is 0 Å². The number of methoxy groups -OCH3 is 1. The van der Waals surface area contributed by atoms with Crippen molar-refractivity contribution in [2.24, 2.45) is 5.16 Å². The molecule has 1 N–H and O–H groups in total. The van der Waals surface area contributed by atoms with Gasteiger partial charge in [-0.2, -0.15) is 0 Å². The van der Waals surface area contributed by atoms with Gasteiger partial charge in [0.2, 0.25) is 0 Å². The van der Waals surface area contributed by atoms with Crippen molar-refractivity contribution in [3.05, 3.63) is 22.2 Å². The Bertz CT molecular complexity index is 421. The van der Waals surface area contributed by atoms with Crippen molar-refractivity contribution in [1.29, 1.82) is 0 Å². The fourth-order valence-corrected chi connectivity index (χ4v) is 2.30. The Kier molecular flexibility index (Phi) is 7.33. The summed E-state index contributed by atoms with van der Waals surface area (Å²) >= 11 is 3.44. The molecule has 0 saturated heterocycles. The summed E-state index contributed by atoms with van der Waals surface area (Å²) in [6, 6.07) is 3.59. The number of unbranched alkanes of at least 4 members (excludes halogenated alkanes) is 3. The third-order valence-corrected chi connectivity index (χ3v) is 3.29. The van der Waals surface area contributed by atoms with Crippen LogP contribution in [0.4, 0.5) is 0 Å². The fourth-order valence-electron chi connectivity index (χ4n) is 1.72. The maximum atomic E-state index is 8.55. The summed E-state index contributed by atoms with van der Waals surface area (Å²) in [5, 5.41) is 11.6. The lowest BCUT2D eigenvalue weighted by Gasteiger charge is -2.13. The minimum absolute atomic E-state index is 0.625. The van der Waals surface area contributed by atoms with Gasteiger partial charge < -0.3 is 14.7 Å². The number of halogens is 1. The van der Waals surface area contributed by atoms with Crippen LogP contribution < -0.4 is 9.47 Å². The van der Waals surface area contributed by atoms with E-state index in [0.29, 0.717) is 18.1 Å². The Labute approximate surface area is 122 Å². The summed E-state index contributed by atoms with van der Waals surface area (Å²) in [4.78, 5) is 0. The van der Waals surface area contributed by atoms with Crippen LogP contribution in [-0.2, 0) is 0 Å². The van der Waals surface area contributed by atoms with Crippen molar-refractivity contribution in [3.8, 4) is 11.5 Å². The van der Waals surface area contributed by atoms with Gasteiger partial charge in [0.05, 0.1) is 24.4 Å². The lowest BCUT2D eigenvalue weighted by molar-refractivity contribution is 0.283. The molecule has 0 unspecified atom stereocenters. The van der Waals surface area contributed by atoms with E-state index in [-0.39, 0.29) is 0 Å². The summed E-state index contributed by atoms with van der Waals surface area (Å²) in [7, 11) is 1.59. The molecule has 0 atom stereocenters. The van der Waals surface area contributed by atoms with Crippen molar-refractivity contribution >= 4 is 22.1 Å². The van der Waals surface area contributed by atoms with Gasteiger partial charge in [-0.15, -0.1) is 0 Å². The molecule has 0 radical (unpaired) electrons. The minimum Gasteiger partial charge on any atom is -0.493 e. The summed E-state index contributed by atoms with van der Waals surface area (Å²) in [6.45, 7) is 2.85. The first kappa shape index (κ1) is 15.8. The van der Waals surface area contributed by atoms with Crippen LogP contribution in [0.2, 0.25) is 0 Å². The van der Waals surface area contributed by atoms with Gasteiger partial charge in [0.15, 0.2) is 11.5 Å². The maximum Gasteiger partial charge on any atom is 0.175 e. The first-order valence-electron chi connectivity index (χ1n) is 6.40. The zero-order chi connectivity index (χ0) is 14.1. The second kappa shape index (κ2) is 8.80. The van der Waals surface area contributed by atoms with Gasteiger partial charge in [0.1, 0.15) is 0 Å². The first-order valence-corrected chi connectivity index (χ1v) is 7.20. The van der Waals surface area contributed by atoms with Crippen LogP contribution in [0.25, 0.3) is 0 Å². The van der Waals surface area contributed by atoms with E-state index in [0.717, 1.165) is 16.5 Å². The van der Waals surface area contributed by atoms with E-state index in [1.807, 2.05) is 6.07 Å². The normalized spacial score (nSPS) is 10.9. The van der Waals surface area contributed by atoms with Crippen LogP contribution in [0.5, 0.6) is 11.5 Å². The molecule has 1 aromatic rings. The van der Waals surface area contributed by atoms with Crippen molar-refractivity contribution in [1.82, 2.24) is 0 Å². The standard InChI is InChI=1S/C14H20BrNO3/c1-3-4-5-6-7-19-14-12(15)8-11(10-16-17)9-13(14)18-2/h8-10,17H,3-7H2,1-2H3/b16-10+. The topological polar surface area (TPSA) is 51.0 Å². The average Bonchev–Trinajstić information content (AvgIpc) is 2.40. The summed E-state index contributed by atoms with van der Waals surface area (Å²) in [5.41, 5.74) is 0.740. The third kappa shape index (κ3) is 5.11. The number of oxime groups is 1. The number of hydrogen-bond donors (Lipinski definition) is 1. The molecule has 0 saturated carbocycles. The van der Waals surface area contributed by atoms with Crippen LogP contribution in [0.15, 0.2) is 21.8 Å². The predicted octanol–water partition coefficient (Wildman–Crippen LogP) is 4.22. The van der Waals surface area contributed by atoms with Crippen molar-refractivity contribution in [2.75, 3.05) is 13.7 Å². The van der Waals surface area contributed by atoms with Crippen molar-refractivity contribution in [3.63, 3.8) is 0 Å². The predicted molar refractivity (Wildman–Crippen MR) is 79.7 cm³/mol. The van der Waals surface area contributed by atoms with E-state index in [4.69, 9.17) is 14.7 Å². The Balaban J connectivity index is 2.71. The van der Waals surface area contributed by atoms with Gasteiger partial charge in [-0.1, -0.05) is 31.3 Å². The number of benzene rings is 1. The van der Waals surface area contributed by atoms with E-state index >= 15 is 0 Å². The van der Waals surface area contributed by atoms with Gasteiger partial charge in [-0.25, -0.2) is 0 Å². The van der Waals surface area contributed by atoms with Gasteiger partial charge in [-0.05, 0) is 34.5 Å². The Morgan fingerprint density at radius 2 is 2.11 bits per heavy atom. The van der Waals surface area contributed by atoms with E-state index in [2.05, 4.69) is 28.0 Å². The highest BCUT2D eigenvalue weighted by Gasteiger charge is 2.11. The second-order valence-corrected chi connectivity index (χ2v) is 5.04. The summed E-state index contributed by atoms with van der Waals surface area (Å²) < 4.78 is 11.8. The quantitative estimate of drug-likeness (QED) is 0.336. The SMILES string of the molecule is CCCCCCOc1c(Br)cc(/C=N/O)cc1OC. The lowest BCUT2D eigenvalue weighted by atomic mass is 10.2. The highest BCUT2D eigenvalue weighted by molar-refractivity contribution is 9.10. The number of nitrogens with zero attached hydrogens (tertiary/aromatic N) is 1. The smallest absolute Gasteiger partial charge is 0.175 e. The summed E-state index contributed by atoms with van der Waals surface area (Å²) in [6.07, 6.45) is 5.99. The number of hydrogen-bond acceptors (Lipinski definition) is 4. The molecule has 19 heavy (non-hydrogen) atoms. The molecule has 0 fully saturated rings. The Morgan fingerprint density at radius 1 is 1.32 bits per heavy atom. The molecule has 0 heterocycles. The van der Waals surface area contributed by atoms with Gasteiger partial charge in [0.25, 0.3) is 0 Å². The van der Waals surface area contributed by atoms with E-state index in [1.165, 1.54) is 25.5 Å². The lowest BCUT2D eigenvalue weighted by Crippen LogP contribution is -2.01. The number of rotatable bonds is 8. The summed E-state index contributed by atoms with van der Waals surface area (Å²) in [5.74, 6) is 1.31. The molecule has 1 rings (SSSR count). The zero-order valence-electron chi connectivity index (χ0n) is 11.4. The van der Waals surface area contributed by atoms with Crippen molar-refractivity contribution < 1.29 is 14.7 Å². The Hall–Kier alpha value is -1.23. The highest BCUT2D eigenvalue weighted by Crippen LogP contribution is 2.36. The molecule has 4 nitrogen and oxygen atoms in total. The molecule has 0 spiro atoms. The third-order valence-electron chi connectivity index (χ3n) is 2.70. The first-order chi connectivity index (χ1) is 9.22. The molecular weight excluding hydrogens is 310 g/mol. The average molecular weight is 330 g/mol. The van der Waals surface area contributed by atoms with Gasteiger partial charge in [-0.3, -0.25) is 0 Å². The van der Waals surface area contributed by atoms with E-state index in [1.54, 1.807) is 13.2 Å². The monoisotopic (exact) mass is 329 g/mol. The fraction of sp³-hybridized carbons (Fsp3) is 0.500. The maximum absolute atomic E-state index is 8.55. The van der Waals surface area contributed by atoms with Crippen LogP contribution in [0, 0.1) is 0 Å². The van der Waals surface area contributed by atoms with E-state index in [9.17, 15) is 0 Å². The molecule has 5 heteroatoms. The molecule has 106 valence electrons. The largest absolute Gasteiger partial charge is 0.493 e. The molecule has 0 amide bonds. The molecule has 0 aromatic heterocycles. The second-order valence-electron chi connectivity index (χ2n) is 4.19. The molecule has 0 aliphatic carbocycles. The highest BCUT2D eigenvalue weighted by atomic mass is 79.9. The molecule has 0 bridgehead atoms. The zero-order valence-corrected chi connectivity index (χ0v) is 12.9. The Morgan fingerprint density at radius 3 is 2.74 bits per heavy atom. The van der Waals surface area contributed by atoms with Gasteiger partial charge in [0, 0.05) is 5.56 Å². The minimum atomic E-state index is 0.625. The molecule has 0 aliphatic heterocycles. The van der Waals surface area contributed by atoms with Crippen LogP contribution in [0.1, 0.15) is 38.2 Å². The molecule has 0 aliphatic rings. The van der Waals surface area contributed by atoms with Crippen molar-refractivity contribution in [2.45, 2.75) is 32.6 Å². The van der Waals surface area contributed by atoms with Crippen LogP contribution >= 0.6 is 15.9 Å². The molecular formula is C14H20BrNO3. The molecule has 1 aromatic carbocycles. The van der Waals surface area contributed by atoms with Gasteiger partial charge >= 0.3 is 0 Å². The van der Waals surface area contributed by atoms with Crippen LogP contribution in [0.3, 0.4) is 0 Å².